The van der Waals surface area contributed by atoms with Crippen molar-refractivity contribution in [2.45, 2.75) is 46.1 Å². The van der Waals surface area contributed by atoms with E-state index in [4.69, 9.17) is 0 Å². The second kappa shape index (κ2) is 9.53. The SMILES string of the molecule is CCCCC(CC)Cn1ncc(NCCNC)cc1=O. The molecule has 2 N–H and O–H groups in total. The van der Waals surface area contributed by atoms with Crippen LogP contribution in [-0.4, -0.2) is 29.9 Å². The van der Waals surface area contributed by atoms with Crippen molar-refractivity contribution in [3.05, 3.63) is 22.6 Å². The van der Waals surface area contributed by atoms with Gasteiger partial charge in [0.1, 0.15) is 0 Å². The Bertz CT molecular complexity index is 430. The number of hydrogen-bond acceptors (Lipinski definition) is 4. The van der Waals surface area contributed by atoms with E-state index in [1.165, 1.54) is 19.3 Å². The number of anilines is 1. The van der Waals surface area contributed by atoms with Crippen molar-refractivity contribution >= 4 is 5.69 Å². The van der Waals surface area contributed by atoms with Crippen molar-refractivity contribution in [2.75, 3.05) is 25.5 Å². The maximum absolute atomic E-state index is 12.0. The Morgan fingerprint density at radius 2 is 2.15 bits per heavy atom. The van der Waals surface area contributed by atoms with E-state index in [-0.39, 0.29) is 5.56 Å². The molecule has 1 heterocycles. The standard InChI is InChI=1S/C15H28N4O/c1-4-6-7-13(5-2)12-19-15(20)10-14(11-18-19)17-9-8-16-3/h10-11,13,16-17H,4-9,12H2,1-3H3. The molecular weight excluding hydrogens is 252 g/mol. The third-order valence-corrected chi connectivity index (χ3v) is 3.55. The molecule has 0 bridgehead atoms. The van der Waals surface area contributed by atoms with Gasteiger partial charge >= 0.3 is 0 Å². The van der Waals surface area contributed by atoms with E-state index in [1.807, 2.05) is 7.05 Å². The Morgan fingerprint density at radius 3 is 2.75 bits per heavy atom. The molecule has 0 saturated carbocycles. The average Bonchev–Trinajstić information content (AvgIpc) is 2.46. The van der Waals surface area contributed by atoms with Crippen LogP contribution in [0.1, 0.15) is 39.5 Å². The lowest BCUT2D eigenvalue weighted by Gasteiger charge is -2.15. The highest BCUT2D eigenvalue weighted by molar-refractivity contribution is 5.38. The smallest absolute Gasteiger partial charge is 0.268 e. The summed E-state index contributed by atoms with van der Waals surface area (Å²) in [5.41, 5.74) is 0.775. The first-order valence-corrected chi connectivity index (χ1v) is 7.66. The number of unbranched alkanes of at least 4 members (excludes halogenated alkanes) is 1. The van der Waals surface area contributed by atoms with Crippen LogP contribution in [0, 0.1) is 5.92 Å². The minimum atomic E-state index is -0.0191. The molecule has 0 fully saturated rings. The van der Waals surface area contributed by atoms with Crippen molar-refractivity contribution in [3.8, 4) is 0 Å². The molecule has 0 spiro atoms. The fourth-order valence-electron chi connectivity index (χ4n) is 2.16. The van der Waals surface area contributed by atoms with Gasteiger partial charge in [0.25, 0.3) is 5.56 Å². The summed E-state index contributed by atoms with van der Waals surface area (Å²) >= 11 is 0. The van der Waals surface area contributed by atoms with E-state index in [0.29, 0.717) is 5.92 Å². The van der Waals surface area contributed by atoms with Crippen LogP contribution >= 0.6 is 0 Å². The van der Waals surface area contributed by atoms with E-state index >= 15 is 0 Å². The summed E-state index contributed by atoms with van der Waals surface area (Å²) in [6, 6.07) is 1.63. The minimum Gasteiger partial charge on any atom is -0.382 e. The quantitative estimate of drug-likeness (QED) is 0.644. The Hall–Kier alpha value is -1.36. The van der Waals surface area contributed by atoms with Gasteiger partial charge < -0.3 is 10.6 Å². The summed E-state index contributed by atoms with van der Waals surface area (Å²) in [4.78, 5) is 12.0. The van der Waals surface area contributed by atoms with Crippen molar-refractivity contribution in [1.82, 2.24) is 15.1 Å². The van der Waals surface area contributed by atoms with E-state index in [2.05, 4.69) is 29.6 Å². The highest BCUT2D eigenvalue weighted by atomic mass is 16.1. The van der Waals surface area contributed by atoms with Crippen LogP contribution in [0.15, 0.2) is 17.1 Å². The zero-order valence-corrected chi connectivity index (χ0v) is 13.0. The molecule has 20 heavy (non-hydrogen) atoms. The van der Waals surface area contributed by atoms with Gasteiger partial charge in [-0.05, 0) is 19.4 Å². The fourth-order valence-corrected chi connectivity index (χ4v) is 2.16. The molecule has 0 aliphatic heterocycles. The maximum Gasteiger partial charge on any atom is 0.268 e. The van der Waals surface area contributed by atoms with Gasteiger partial charge in [-0.3, -0.25) is 4.79 Å². The maximum atomic E-state index is 12.0. The van der Waals surface area contributed by atoms with Crippen LogP contribution in [0.25, 0.3) is 0 Å². The Balaban J connectivity index is 2.60. The van der Waals surface area contributed by atoms with Gasteiger partial charge in [0.05, 0.1) is 11.9 Å². The molecule has 0 saturated heterocycles. The van der Waals surface area contributed by atoms with E-state index in [0.717, 1.165) is 31.7 Å². The van der Waals surface area contributed by atoms with Crippen LogP contribution in [-0.2, 0) is 6.54 Å². The van der Waals surface area contributed by atoms with E-state index < -0.39 is 0 Å². The molecule has 0 radical (unpaired) electrons. The topological polar surface area (TPSA) is 59.0 Å². The molecule has 1 atom stereocenters. The van der Waals surface area contributed by atoms with Crippen LogP contribution < -0.4 is 16.2 Å². The first-order valence-electron chi connectivity index (χ1n) is 7.66. The van der Waals surface area contributed by atoms with Gasteiger partial charge in [0.2, 0.25) is 0 Å². The number of nitrogens with zero attached hydrogens (tertiary/aromatic N) is 2. The number of likely N-dealkylation sites (N-methyl/N-ethyl adjacent to an activating group) is 1. The molecular formula is C15H28N4O. The predicted molar refractivity (Wildman–Crippen MR) is 84.2 cm³/mol. The summed E-state index contributed by atoms with van der Waals surface area (Å²) in [7, 11) is 1.90. The lowest BCUT2D eigenvalue weighted by molar-refractivity contribution is 0.363. The number of rotatable bonds is 10. The molecule has 1 aromatic heterocycles. The third kappa shape index (κ3) is 5.74. The molecule has 0 aromatic carbocycles. The van der Waals surface area contributed by atoms with Crippen LogP contribution in [0.5, 0.6) is 0 Å². The van der Waals surface area contributed by atoms with Crippen LogP contribution in [0.2, 0.25) is 0 Å². The van der Waals surface area contributed by atoms with Gasteiger partial charge in [0, 0.05) is 25.7 Å². The Labute approximate surface area is 121 Å². The number of nitrogens with one attached hydrogen (secondary N) is 2. The van der Waals surface area contributed by atoms with Crippen LogP contribution in [0.3, 0.4) is 0 Å². The number of hydrogen-bond donors (Lipinski definition) is 2. The second-order valence-electron chi connectivity index (χ2n) is 5.21. The summed E-state index contributed by atoms with van der Waals surface area (Å²) in [5.74, 6) is 0.545. The van der Waals surface area contributed by atoms with Gasteiger partial charge in [-0.25, -0.2) is 4.68 Å². The Morgan fingerprint density at radius 1 is 1.35 bits per heavy atom. The average molecular weight is 280 g/mol. The third-order valence-electron chi connectivity index (χ3n) is 3.55. The molecule has 114 valence electrons. The first kappa shape index (κ1) is 16.7. The molecule has 5 heteroatoms. The van der Waals surface area contributed by atoms with Crippen LogP contribution in [0.4, 0.5) is 5.69 Å². The normalized spacial score (nSPS) is 12.3. The summed E-state index contributed by atoms with van der Waals surface area (Å²) in [5, 5.41) is 10.5. The highest BCUT2D eigenvalue weighted by Crippen LogP contribution is 2.14. The van der Waals surface area contributed by atoms with Gasteiger partial charge in [-0.2, -0.15) is 5.10 Å². The van der Waals surface area contributed by atoms with E-state index in [9.17, 15) is 4.79 Å². The number of aromatic nitrogens is 2. The van der Waals surface area contributed by atoms with E-state index in [1.54, 1.807) is 16.9 Å². The molecule has 0 aliphatic rings. The monoisotopic (exact) mass is 280 g/mol. The zero-order valence-electron chi connectivity index (χ0n) is 13.0. The van der Waals surface area contributed by atoms with Crippen molar-refractivity contribution in [3.63, 3.8) is 0 Å². The van der Waals surface area contributed by atoms with Crippen molar-refractivity contribution in [1.29, 1.82) is 0 Å². The van der Waals surface area contributed by atoms with Gasteiger partial charge in [-0.1, -0.05) is 33.1 Å². The lowest BCUT2D eigenvalue weighted by Crippen LogP contribution is -2.27. The Kier molecular flexibility index (Phi) is 7.95. The summed E-state index contributed by atoms with van der Waals surface area (Å²) < 4.78 is 1.59. The molecule has 1 unspecified atom stereocenters. The second-order valence-corrected chi connectivity index (χ2v) is 5.21. The molecule has 0 aliphatic carbocycles. The van der Waals surface area contributed by atoms with Gasteiger partial charge in [0.15, 0.2) is 0 Å². The first-order chi connectivity index (χ1) is 9.71. The van der Waals surface area contributed by atoms with Crippen molar-refractivity contribution in [2.24, 2.45) is 5.92 Å². The molecule has 1 rings (SSSR count). The minimum absolute atomic E-state index is 0.0191. The summed E-state index contributed by atoms with van der Waals surface area (Å²) in [6.07, 6.45) is 6.42. The summed E-state index contributed by atoms with van der Waals surface area (Å²) in [6.45, 7) is 6.75. The molecule has 5 nitrogen and oxygen atoms in total. The molecule has 1 aromatic rings. The lowest BCUT2D eigenvalue weighted by atomic mass is 9.99. The van der Waals surface area contributed by atoms with Crippen molar-refractivity contribution < 1.29 is 0 Å². The molecule has 0 amide bonds. The fraction of sp³-hybridized carbons (Fsp3) is 0.733. The highest BCUT2D eigenvalue weighted by Gasteiger charge is 2.09. The predicted octanol–water partition coefficient (Wildman–Crippen LogP) is 2.09. The zero-order chi connectivity index (χ0) is 14.8. The largest absolute Gasteiger partial charge is 0.382 e. The van der Waals surface area contributed by atoms with Gasteiger partial charge in [-0.15, -0.1) is 0 Å².